The molecule has 1 aliphatic rings. The molecule has 0 radical (unpaired) electrons. The summed E-state index contributed by atoms with van der Waals surface area (Å²) in [7, 11) is 0. The van der Waals surface area contributed by atoms with E-state index in [0.717, 1.165) is 19.0 Å². The molecule has 1 atom stereocenters. The van der Waals surface area contributed by atoms with Gasteiger partial charge in [-0.1, -0.05) is 26.3 Å². The van der Waals surface area contributed by atoms with Gasteiger partial charge >= 0.3 is 0 Å². The van der Waals surface area contributed by atoms with Crippen molar-refractivity contribution in [2.45, 2.75) is 46.1 Å². The van der Waals surface area contributed by atoms with E-state index in [4.69, 9.17) is 0 Å². The smallest absolute Gasteiger partial charge is 0.0510 e. The number of nitrogens with one attached hydrogen (secondary N) is 1. The lowest BCUT2D eigenvalue weighted by atomic mass is 9.95. The normalized spacial score (nSPS) is 19.4. The quantitative estimate of drug-likeness (QED) is 0.764. The Morgan fingerprint density at radius 1 is 1.35 bits per heavy atom. The molecular formula is C17H27BrN2. The summed E-state index contributed by atoms with van der Waals surface area (Å²) in [6.07, 6.45) is 5.20. The predicted octanol–water partition coefficient (Wildman–Crippen LogP) is 4.58. The third kappa shape index (κ3) is 4.23. The van der Waals surface area contributed by atoms with Gasteiger partial charge in [0.25, 0.3) is 0 Å². The maximum atomic E-state index is 3.76. The van der Waals surface area contributed by atoms with E-state index in [1.807, 2.05) is 0 Å². The van der Waals surface area contributed by atoms with Crippen molar-refractivity contribution in [1.82, 2.24) is 5.32 Å². The molecule has 0 aromatic heterocycles. The van der Waals surface area contributed by atoms with Gasteiger partial charge in [0.15, 0.2) is 0 Å². The summed E-state index contributed by atoms with van der Waals surface area (Å²) in [5.74, 6) is 0.863. The fraction of sp³-hybridized carbons (Fsp3) is 0.647. The third-order valence-corrected chi connectivity index (χ3v) is 4.84. The highest BCUT2D eigenvalue weighted by molar-refractivity contribution is 9.10. The van der Waals surface area contributed by atoms with E-state index in [-0.39, 0.29) is 0 Å². The summed E-state index contributed by atoms with van der Waals surface area (Å²) in [5.41, 5.74) is 2.72. The highest BCUT2D eigenvalue weighted by Crippen LogP contribution is 2.31. The van der Waals surface area contributed by atoms with Crippen molar-refractivity contribution in [1.29, 1.82) is 0 Å². The van der Waals surface area contributed by atoms with Crippen molar-refractivity contribution in [3.05, 3.63) is 28.2 Å². The Balaban J connectivity index is 2.01. The molecule has 0 bridgehead atoms. The van der Waals surface area contributed by atoms with Crippen molar-refractivity contribution < 1.29 is 0 Å². The van der Waals surface area contributed by atoms with Crippen molar-refractivity contribution >= 4 is 21.6 Å². The Kier molecular flexibility index (Phi) is 6.37. The molecule has 2 rings (SSSR count). The van der Waals surface area contributed by atoms with Crippen molar-refractivity contribution in [3.8, 4) is 0 Å². The number of hydrogen-bond acceptors (Lipinski definition) is 2. The summed E-state index contributed by atoms with van der Waals surface area (Å²) in [6.45, 7) is 8.97. The molecule has 112 valence electrons. The SMILES string of the molecule is CCCNCc1ccc(N2CCCC(CC)C2)c(Br)c1. The number of rotatable bonds is 6. The van der Waals surface area contributed by atoms with E-state index in [1.165, 1.54) is 54.5 Å². The lowest BCUT2D eigenvalue weighted by Crippen LogP contribution is -2.35. The molecule has 1 aliphatic heterocycles. The van der Waals surface area contributed by atoms with Gasteiger partial charge in [0, 0.05) is 24.1 Å². The van der Waals surface area contributed by atoms with Gasteiger partial charge in [0.2, 0.25) is 0 Å². The lowest BCUT2D eigenvalue weighted by Gasteiger charge is -2.34. The second kappa shape index (κ2) is 8.04. The fourth-order valence-corrected chi connectivity index (χ4v) is 3.62. The van der Waals surface area contributed by atoms with Crippen LogP contribution in [0.5, 0.6) is 0 Å². The van der Waals surface area contributed by atoms with Crippen LogP contribution in [0.3, 0.4) is 0 Å². The third-order valence-electron chi connectivity index (χ3n) is 4.21. The van der Waals surface area contributed by atoms with Crippen LogP contribution in [-0.4, -0.2) is 19.6 Å². The second-order valence-electron chi connectivity index (χ2n) is 5.83. The Labute approximate surface area is 132 Å². The number of halogens is 1. The van der Waals surface area contributed by atoms with Crippen LogP contribution in [0, 0.1) is 5.92 Å². The van der Waals surface area contributed by atoms with Gasteiger partial charge in [-0.2, -0.15) is 0 Å². The highest BCUT2D eigenvalue weighted by atomic mass is 79.9. The predicted molar refractivity (Wildman–Crippen MR) is 91.4 cm³/mol. The molecule has 0 spiro atoms. The molecule has 20 heavy (non-hydrogen) atoms. The van der Waals surface area contributed by atoms with Crippen molar-refractivity contribution in [2.24, 2.45) is 5.92 Å². The molecule has 1 saturated heterocycles. The molecular weight excluding hydrogens is 312 g/mol. The summed E-state index contributed by atoms with van der Waals surface area (Å²) in [5, 5.41) is 3.46. The lowest BCUT2D eigenvalue weighted by molar-refractivity contribution is 0.404. The first-order valence-electron chi connectivity index (χ1n) is 7.98. The Hall–Kier alpha value is -0.540. The van der Waals surface area contributed by atoms with E-state index in [1.54, 1.807) is 0 Å². The molecule has 1 aromatic carbocycles. The molecule has 0 saturated carbocycles. The second-order valence-corrected chi connectivity index (χ2v) is 6.68. The number of hydrogen-bond donors (Lipinski definition) is 1. The first-order chi connectivity index (χ1) is 9.74. The Bertz CT molecular complexity index is 419. The van der Waals surface area contributed by atoms with Crippen LogP contribution in [0.2, 0.25) is 0 Å². The van der Waals surface area contributed by atoms with Gasteiger partial charge in [-0.15, -0.1) is 0 Å². The Morgan fingerprint density at radius 2 is 2.20 bits per heavy atom. The molecule has 0 amide bonds. The maximum Gasteiger partial charge on any atom is 0.0510 e. The van der Waals surface area contributed by atoms with Crippen molar-refractivity contribution in [2.75, 3.05) is 24.5 Å². The van der Waals surface area contributed by atoms with Crippen LogP contribution in [0.25, 0.3) is 0 Å². The summed E-state index contributed by atoms with van der Waals surface area (Å²) in [4.78, 5) is 2.55. The number of piperidine rings is 1. The van der Waals surface area contributed by atoms with E-state index >= 15 is 0 Å². The standard InChI is InChI=1S/C17H27BrN2/c1-3-9-19-12-15-7-8-17(16(18)11-15)20-10-5-6-14(4-2)13-20/h7-8,11,14,19H,3-6,9-10,12-13H2,1-2H3. The molecule has 1 fully saturated rings. The van der Waals surface area contributed by atoms with E-state index < -0.39 is 0 Å². The topological polar surface area (TPSA) is 15.3 Å². The maximum absolute atomic E-state index is 3.76. The molecule has 0 aliphatic carbocycles. The van der Waals surface area contributed by atoms with E-state index in [9.17, 15) is 0 Å². The molecule has 2 nitrogen and oxygen atoms in total. The summed E-state index contributed by atoms with van der Waals surface area (Å²) >= 11 is 3.76. The highest BCUT2D eigenvalue weighted by Gasteiger charge is 2.20. The van der Waals surface area contributed by atoms with Crippen LogP contribution in [0.15, 0.2) is 22.7 Å². The van der Waals surface area contributed by atoms with Crippen LogP contribution in [0.4, 0.5) is 5.69 Å². The number of benzene rings is 1. The van der Waals surface area contributed by atoms with Gasteiger partial charge in [-0.3, -0.25) is 0 Å². The van der Waals surface area contributed by atoms with E-state index in [0.29, 0.717) is 0 Å². The van der Waals surface area contributed by atoms with Crippen LogP contribution in [0.1, 0.15) is 45.1 Å². The van der Waals surface area contributed by atoms with Crippen molar-refractivity contribution in [3.63, 3.8) is 0 Å². The van der Waals surface area contributed by atoms with Crippen LogP contribution >= 0.6 is 15.9 Å². The van der Waals surface area contributed by atoms with Gasteiger partial charge in [-0.25, -0.2) is 0 Å². The van der Waals surface area contributed by atoms with Gasteiger partial charge in [0.05, 0.1) is 5.69 Å². The van der Waals surface area contributed by atoms with Crippen LogP contribution in [-0.2, 0) is 6.54 Å². The fourth-order valence-electron chi connectivity index (χ4n) is 2.94. The molecule has 1 heterocycles. The molecule has 1 N–H and O–H groups in total. The first-order valence-corrected chi connectivity index (χ1v) is 8.78. The van der Waals surface area contributed by atoms with Gasteiger partial charge in [0.1, 0.15) is 0 Å². The van der Waals surface area contributed by atoms with Crippen LogP contribution < -0.4 is 10.2 Å². The minimum absolute atomic E-state index is 0.863. The summed E-state index contributed by atoms with van der Waals surface area (Å²) < 4.78 is 1.24. The number of nitrogens with zero attached hydrogens (tertiary/aromatic N) is 1. The average molecular weight is 339 g/mol. The van der Waals surface area contributed by atoms with Gasteiger partial charge < -0.3 is 10.2 Å². The minimum atomic E-state index is 0.863. The molecule has 1 unspecified atom stereocenters. The summed E-state index contributed by atoms with van der Waals surface area (Å²) in [6, 6.07) is 6.82. The monoisotopic (exact) mass is 338 g/mol. The Morgan fingerprint density at radius 3 is 2.90 bits per heavy atom. The van der Waals surface area contributed by atoms with Gasteiger partial charge in [-0.05, 0) is 65.4 Å². The zero-order valence-electron chi connectivity index (χ0n) is 12.8. The zero-order chi connectivity index (χ0) is 14.4. The largest absolute Gasteiger partial charge is 0.370 e. The average Bonchev–Trinajstić information content (AvgIpc) is 2.48. The minimum Gasteiger partial charge on any atom is -0.370 e. The number of anilines is 1. The molecule has 3 heteroatoms. The zero-order valence-corrected chi connectivity index (χ0v) is 14.4. The molecule has 1 aromatic rings. The first kappa shape index (κ1) is 15.8. The van der Waals surface area contributed by atoms with E-state index in [2.05, 4.69) is 58.2 Å².